The zero-order valence-corrected chi connectivity index (χ0v) is 19.8. The SMILES string of the molecule is COc1cc(C(=O)CCCCO)ccc1-c1nccc2cc(S(=O)(=O)Nc3ccncn3)ccc12. The van der Waals surface area contributed by atoms with E-state index in [-0.39, 0.29) is 23.1 Å². The summed E-state index contributed by atoms with van der Waals surface area (Å²) in [5.41, 5.74) is 1.80. The third kappa shape index (κ3) is 5.44. The highest BCUT2D eigenvalue weighted by atomic mass is 32.2. The molecule has 2 aromatic carbocycles. The molecule has 9 nitrogen and oxygen atoms in total. The van der Waals surface area contributed by atoms with Crippen LogP contribution >= 0.6 is 0 Å². The minimum Gasteiger partial charge on any atom is -0.496 e. The van der Waals surface area contributed by atoms with Gasteiger partial charge in [0.1, 0.15) is 17.9 Å². The lowest BCUT2D eigenvalue weighted by Crippen LogP contribution is -2.13. The van der Waals surface area contributed by atoms with Crippen LogP contribution in [0.25, 0.3) is 22.0 Å². The second kappa shape index (κ2) is 10.6. The van der Waals surface area contributed by atoms with Gasteiger partial charge in [-0.1, -0.05) is 12.1 Å². The summed E-state index contributed by atoms with van der Waals surface area (Å²) in [5.74, 6) is 0.631. The van der Waals surface area contributed by atoms with Crippen molar-refractivity contribution in [1.82, 2.24) is 15.0 Å². The summed E-state index contributed by atoms with van der Waals surface area (Å²) in [6, 6.07) is 13.1. The van der Waals surface area contributed by atoms with Crippen LogP contribution in [0.15, 0.2) is 72.1 Å². The monoisotopic (exact) mass is 492 g/mol. The van der Waals surface area contributed by atoms with Gasteiger partial charge >= 0.3 is 0 Å². The number of pyridine rings is 1. The Kier molecular flexibility index (Phi) is 7.33. The summed E-state index contributed by atoms with van der Waals surface area (Å²) in [5, 5.41) is 10.3. The fourth-order valence-electron chi connectivity index (χ4n) is 3.69. The van der Waals surface area contributed by atoms with E-state index in [2.05, 4.69) is 19.7 Å². The molecule has 2 aromatic heterocycles. The van der Waals surface area contributed by atoms with Crippen LogP contribution in [0.1, 0.15) is 29.6 Å². The minimum absolute atomic E-state index is 0.0276. The molecular formula is C25H24N4O5S. The highest BCUT2D eigenvalue weighted by Crippen LogP contribution is 2.35. The second-order valence-electron chi connectivity index (χ2n) is 7.76. The lowest BCUT2D eigenvalue weighted by Gasteiger charge is -2.13. The molecule has 0 fully saturated rings. The van der Waals surface area contributed by atoms with Crippen LogP contribution < -0.4 is 9.46 Å². The number of benzene rings is 2. The Labute approximate surface area is 202 Å². The van der Waals surface area contributed by atoms with Crippen LogP contribution in [0.5, 0.6) is 5.75 Å². The highest BCUT2D eigenvalue weighted by molar-refractivity contribution is 7.92. The second-order valence-corrected chi connectivity index (χ2v) is 9.44. The van der Waals surface area contributed by atoms with Crippen molar-refractivity contribution in [2.24, 2.45) is 0 Å². The molecule has 2 heterocycles. The lowest BCUT2D eigenvalue weighted by molar-refractivity contribution is 0.0977. The van der Waals surface area contributed by atoms with E-state index in [0.29, 0.717) is 47.2 Å². The minimum atomic E-state index is -3.86. The van der Waals surface area contributed by atoms with Gasteiger partial charge in [0.15, 0.2) is 5.78 Å². The van der Waals surface area contributed by atoms with Crippen molar-refractivity contribution >= 4 is 32.4 Å². The summed E-state index contributed by atoms with van der Waals surface area (Å²) in [6.45, 7) is 0.0575. The van der Waals surface area contributed by atoms with Gasteiger partial charge in [-0.3, -0.25) is 14.5 Å². The first kappa shape index (κ1) is 24.2. The first-order chi connectivity index (χ1) is 16.9. The van der Waals surface area contributed by atoms with E-state index in [0.717, 1.165) is 5.39 Å². The van der Waals surface area contributed by atoms with E-state index in [1.54, 1.807) is 42.6 Å². The Bertz CT molecular complexity index is 1460. The third-order valence-electron chi connectivity index (χ3n) is 5.46. The van der Waals surface area contributed by atoms with Crippen molar-refractivity contribution in [3.05, 3.63) is 72.8 Å². The predicted octanol–water partition coefficient (Wildman–Crippen LogP) is 3.85. The van der Waals surface area contributed by atoms with Crippen molar-refractivity contribution in [2.75, 3.05) is 18.4 Å². The van der Waals surface area contributed by atoms with Gasteiger partial charge in [-0.2, -0.15) is 0 Å². The number of sulfonamides is 1. The topological polar surface area (TPSA) is 131 Å². The number of methoxy groups -OCH3 is 1. The quantitative estimate of drug-likeness (QED) is 0.252. The Morgan fingerprint density at radius 1 is 1.03 bits per heavy atom. The molecule has 0 radical (unpaired) electrons. The molecule has 0 aliphatic heterocycles. The Morgan fingerprint density at radius 2 is 1.89 bits per heavy atom. The van der Waals surface area contributed by atoms with Crippen molar-refractivity contribution in [3.63, 3.8) is 0 Å². The number of anilines is 1. The molecule has 0 aliphatic carbocycles. The fraction of sp³-hybridized carbons (Fsp3) is 0.200. The van der Waals surface area contributed by atoms with Gasteiger partial charge in [0, 0.05) is 41.9 Å². The summed E-state index contributed by atoms with van der Waals surface area (Å²) < 4.78 is 33.7. The van der Waals surface area contributed by atoms with Crippen LogP contribution in [0.2, 0.25) is 0 Å². The maximum atomic E-state index is 12.8. The summed E-state index contributed by atoms with van der Waals surface area (Å²) in [7, 11) is -2.34. The molecule has 2 N–H and O–H groups in total. The number of ether oxygens (including phenoxy) is 1. The zero-order chi connectivity index (χ0) is 24.8. The standard InChI is InChI=1S/C25H24N4O5S/c1-34-23-15-18(22(31)4-2-3-13-30)5-7-21(23)25-20-8-6-19(14-17(20)9-12-27-25)35(32,33)29-24-10-11-26-16-28-24/h5-12,14-16,30H,2-4,13H2,1H3,(H,26,28,29). The number of aromatic nitrogens is 3. The first-order valence-electron chi connectivity index (χ1n) is 10.9. The average Bonchev–Trinajstić information content (AvgIpc) is 2.88. The smallest absolute Gasteiger partial charge is 0.263 e. The van der Waals surface area contributed by atoms with Crippen LogP contribution in [-0.2, 0) is 10.0 Å². The van der Waals surface area contributed by atoms with Gasteiger partial charge in [-0.05, 0) is 54.6 Å². The van der Waals surface area contributed by atoms with Gasteiger partial charge < -0.3 is 9.84 Å². The molecule has 0 unspecified atom stereocenters. The number of rotatable bonds is 10. The van der Waals surface area contributed by atoms with E-state index in [1.165, 1.54) is 31.8 Å². The molecule has 35 heavy (non-hydrogen) atoms. The van der Waals surface area contributed by atoms with E-state index in [1.807, 2.05) is 0 Å². The molecule has 0 spiro atoms. The fourth-order valence-corrected chi connectivity index (χ4v) is 4.73. The van der Waals surface area contributed by atoms with Crippen molar-refractivity contribution in [2.45, 2.75) is 24.2 Å². The number of fused-ring (bicyclic) bond motifs is 1. The molecule has 0 saturated carbocycles. The van der Waals surface area contributed by atoms with Crippen LogP contribution in [-0.4, -0.2) is 48.0 Å². The molecule has 4 aromatic rings. The molecule has 180 valence electrons. The zero-order valence-electron chi connectivity index (χ0n) is 19.0. The van der Waals surface area contributed by atoms with Crippen LogP contribution in [0.4, 0.5) is 5.82 Å². The predicted molar refractivity (Wildman–Crippen MR) is 132 cm³/mol. The van der Waals surface area contributed by atoms with Crippen LogP contribution in [0, 0.1) is 0 Å². The largest absolute Gasteiger partial charge is 0.496 e. The Morgan fingerprint density at radius 3 is 2.63 bits per heavy atom. The maximum absolute atomic E-state index is 12.8. The van der Waals surface area contributed by atoms with Gasteiger partial charge in [-0.15, -0.1) is 0 Å². The van der Waals surface area contributed by atoms with Crippen molar-refractivity contribution in [1.29, 1.82) is 0 Å². The number of Topliss-reactive ketones (excluding diaryl/α,β-unsaturated/α-hetero) is 1. The van der Waals surface area contributed by atoms with E-state index in [4.69, 9.17) is 9.84 Å². The molecule has 0 atom stereocenters. The van der Waals surface area contributed by atoms with E-state index < -0.39 is 10.0 Å². The lowest BCUT2D eigenvalue weighted by atomic mass is 9.99. The van der Waals surface area contributed by atoms with Gasteiger partial charge in [0.2, 0.25) is 0 Å². The number of aliphatic hydroxyl groups is 1. The molecule has 0 saturated heterocycles. The van der Waals surface area contributed by atoms with Crippen molar-refractivity contribution in [3.8, 4) is 17.0 Å². The number of hydrogen-bond acceptors (Lipinski definition) is 8. The van der Waals surface area contributed by atoms with Crippen molar-refractivity contribution < 1.29 is 23.1 Å². The Balaban J connectivity index is 1.68. The van der Waals surface area contributed by atoms with E-state index in [9.17, 15) is 13.2 Å². The number of aliphatic hydroxyl groups excluding tert-OH is 1. The van der Waals surface area contributed by atoms with Gasteiger partial charge in [-0.25, -0.2) is 18.4 Å². The molecule has 0 amide bonds. The van der Waals surface area contributed by atoms with Gasteiger partial charge in [0.05, 0.1) is 17.7 Å². The Hall–Kier alpha value is -3.89. The molecule has 4 rings (SSSR count). The molecule has 10 heteroatoms. The molecule has 0 bridgehead atoms. The number of carbonyl (C=O) groups is 1. The summed E-state index contributed by atoms with van der Waals surface area (Å²) in [6.07, 6.45) is 5.84. The summed E-state index contributed by atoms with van der Waals surface area (Å²) in [4.78, 5) is 24.8. The first-order valence-corrected chi connectivity index (χ1v) is 12.4. The molecule has 0 aliphatic rings. The average molecular weight is 493 g/mol. The maximum Gasteiger partial charge on any atom is 0.263 e. The number of hydrogen-bond donors (Lipinski definition) is 2. The number of ketones is 1. The van der Waals surface area contributed by atoms with Gasteiger partial charge in [0.25, 0.3) is 10.0 Å². The van der Waals surface area contributed by atoms with Crippen LogP contribution in [0.3, 0.4) is 0 Å². The molecular weight excluding hydrogens is 468 g/mol. The highest BCUT2D eigenvalue weighted by Gasteiger charge is 2.18. The third-order valence-corrected chi connectivity index (χ3v) is 6.81. The number of unbranched alkanes of at least 4 members (excludes halogenated alkanes) is 1. The number of carbonyl (C=O) groups excluding carboxylic acids is 1. The number of nitrogens with one attached hydrogen (secondary N) is 1. The normalized spacial score (nSPS) is 11.4. The summed E-state index contributed by atoms with van der Waals surface area (Å²) >= 11 is 0. The number of nitrogens with zero attached hydrogens (tertiary/aromatic N) is 3. The van der Waals surface area contributed by atoms with E-state index >= 15 is 0 Å².